The number of aliphatic hydroxyl groups excluding tert-OH is 2. The topological polar surface area (TPSA) is 168 Å². The van der Waals surface area contributed by atoms with Gasteiger partial charge in [-0.1, -0.05) is 11.6 Å². The van der Waals surface area contributed by atoms with Crippen molar-refractivity contribution in [1.29, 1.82) is 5.26 Å². The van der Waals surface area contributed by atoms with Gasteiger partial charge < -0.3 is 25.6 Å². The molecule has 2 unspecified atom stereocenters. The predicted molar refractivity (Wildman–Crippen MR) is 147 cm³/mol. The molecule has 6 N–H and O–H groups in total. The van der Waals surface area contributed by atoms with E-state index in [0.29, 0.717) is 28.7 Å². The number of fused-ring (bicyclic) bond motifs is 1. The maximum Gasteiger partial charge on any atom is 0.225 e. The minimum absolute atomic E-state index is 0.0208. The number of pyridine rings is 1. The molecule has 202 valence electrons. The number of hydrogen-bond acceptors (Lipinski definition) is 10. The van der Waals surface area contributed by atoms with Crippen LogP contribution in [-0.2, 0) is 4.79 Å². The van der Waals surface area contributed by atoms with E-state index in [4.69, 9.17) is 21.4 Å². The number of aliphatic hydroxyl groups is 2. The molecule has 0 spiro atoms. The Morgan fingerprint density at radius 1 is 1.37 bits per heavy atom. The largest absolute Gasteiger partial charge is 0.489 e. The van der Waals surface area contributed by atoms with Crippen LogP contribution in [0.2, 0.25) is 5.02 Å². The van der Waals surface area contributed by atoms with Crippen molar-refractivity contribution >= 4 is 65.9 Å². The van der Waals surface area contributed by atoms with Gasteiger partial charge >= 0.3 is 0 Å². The number of benzene rings is 2. The third-order valence-electron chi connectivity index (χ3n) is 5.60. The molecule has 1 aliphatic rings. The lowest BCUT2D eigenvalue weighted by Gasteiger charge is -2.24. The summed E-state index contributed by atoms with van der Waals surface area (Å²) in [7, 11) is -1.75. The van der Waals surface area contributed by atoms with Crippen LogP contribution in [-0.4, -0.2) is 60.5 Å². The number of carbonyl (C=O) groups excluding carboxylic acids is 1. The number of rotatable bonds is 9. The second kappa shape index (κ2) is 11.9. The van der Waals surface area contributed by atoms with E-state index < -0.39 is 34.1 Å². The Labute approximate surface area is 227 Å². The standard InChI is InChI=1S/C24H24ClFN4O6S2/c25-18-5-14(1-2-19(18)26)29-24-13(9-27)10-28-20-8-22(36-12-15(32)11-31)21(7-17(20)24)30-23(33)6-16-3-4-38(34,35)37-16/h1-2,5,7-8,10,15-16,31-32,34-35H,3-4,6,11-12H2,(H,28,29)(H,30,33). The molecule has 1 aromatic heterocycles. The Kier molecular flexibility index (Phi) is 8.84. The van der Waals surface area contributed by atoms with Crippen LogP contribution in [0.25, 0.3) is 10.9 Å². The van der Waals surface area contributed by atoms with Crippen molar-refractivity contribution in [3.8, 4) is 11.8 Å². The first-order chi connectivity index (χ1) is 18.1. The maximum absolute atomic E-state index is 13.7. The summed E-state index contributed by atoms with van der Waals surface area (Å²) in [5, 5.41) is 34.5. The van der Waals surface area contributed by atoms with Crippen molar-refractivity contribution < 1.29 is 33.2 Å². The third kappa shape index (κ3) is 6.78. The monoisotopic (exact) mass is 582 g/mol. The highest BCUT2D eigenvalue weighted by atomic mass is 35.5. The highest BCUT2D eigenvalue weighted by molar-refractivity contribution is 8.90. The molecule has 0 bridgehead atoms. The molecule has 10 nitrogen and oxygen atoms in total. The van der Waals surface area contributed by atoms with Gasteiger partial charge in [-0.05, 0) is 41.5 Å². The van der Waals surface area contributed by atoms with E-state index in [0.717, 1.165) is 10.8 Å². The molecular weight excluding hydrogens is 559 g/mol. The zero-order valence-corrected chi connectivity index (χ0v) is 22.1. The molecule has 0 aliphatic carbocycles. The second-order valence-corrected chi connectivity index (χ2v) is 13.6. The fourth-order valence-corrected chi connectivity index (χ4v) is 8.02. The number of ether oxygens (including phenoxy) is 1. The van der Waals surface area contributed by atoms with Gasteiger partial charge in [-0.2, -0.15) is 5.26 Å². The van der Waals surface area contributed by atoms with E-state index in [1.165, 1.54) is 30.5 Å². The molecule has 2 aromatic carbocycles. The Bertz CT molecular complexity index is 1410. The number of aromatic nitrogens is 1. The Balaban J connectivity index is 1.71. The van der Waals surface area contributed by atoms with Gasteiger partial charge in [0.2, 0.25) is 5.91 Å². The maximum atomic E-state index is 13.7. The quantitative estimate of drug-likeness (QED) is 0.191. The Morgan fingerprint density at radius 3 is 2.82 bits per heavy atom. The summed E-state index contributed by atoms with van der Waals surface area (Å²) in [5.41, 5.74) is 1.51. The number of carbonyl (C=O) groups is 1. The van der Waals surface area contributed by atoms with Crippen molar-refractivity contribution in [1.82, 2.24) is 4.98 Å². The van der Waals surface area contributed by atoms with Gasteiger partial charge in [0.1, 0.15) is 30.3 Å². The SMILES string of the molecule is N#Cc1cnc2cc(OCC(O)CO)c(NC(=O)CC3CCS(O)(O)S3)cc2c1Nc1ccc(F)c(Cl)c1. The lowest BCUT2D eigenvalue weighted by Crippen LogP contribution is -2.22. The van der Waals surface area contributed by atoms with Crippen LogP contribution in [0.4, 0.5) is 21.5 Å². The number of nitriles is 1. The van der Waals surface area contributed by atoms with Crippen LogP contribution in [0.1, 0.15) is 18.4 Å². The van der Waals surface area contributed by atoms with Crippen LogP contribution >= 0.6 is 32.0 Å². The molecule has 2 heterocycles. The minimum atomic E-state index is -2.74. The zero-order chi connectivity index (χ0) is 27.4. The summed E-state index contributed by atoms with van der Waals surface area (Å²) < 4.78 is 39.0. The molecular formula is C24H24ClFN4O6S2. The number of halogens is 2. The highest BCUT2D eigenvalue weighted by Gasteiger charge is 2.31. The minimum Gasteiger partial charge on any atom is -0.489 e. The normalized spacial score (nSPS) is 18.0. The van der Waals surface area contributed by atoms with Gasteiger partial charge in [0, 0.05) is 40.8 Å². The summed E-state index contributed by atoms with van der Waals surface area (Å²) in [6, 6.07) is 9.11. The fourth-order valence-electron chi connectivity index (χ4n) is 3.76. The van der Waals surface area contributed by atoms with Crippen LogP contribution in [0.15, 0.2) is 36.5 Å². The van der Waals surface area contributed by atoms with Crippen LogP contribution < -0.4 is 15.4 Å². The van der Waals surface area contributed by atoms with Gasteiger partial charge in [0.05, 0.1) is 34.1 Å². The molecule has 1 saturated heterocycles. The van der Waals surface area contributed by atoms with E-state index in [9.17, 15) is 28.7 Å². The van der Waals surface area contributed by atoms with Crippen molar-refractivity contribution in [2.24, 2.45) is 0 Å². The average molecular weight is 583 g/mol. The Hall–Kier alpha value is -2.83. The first kappa shape index (κ1) is 28.2. The zero-order valence-electron chi connectivity index (χ0n) is 19.7. The summed E-state index contributed by atoms with van der Waals surface area (Å²) >= 11 is 5.91. The van der Waals surface area contributed by atoms with E-state index in [-0.39, 0.29) is 46.1 Å². The van der Waals surface area contributed by atoms with Crippen molar-refractivity contribution in [2.75, 3.05) is 29.6 Å². The summed E-state index contributed by atoms with van der Waals surface area (Å²) in [4.78, 5) is 17.2. The van der Waals surface area contributed by atoms with E-state index in [2.05, 4.69) is 21.7 Å². The average Bonchev–Trinajstić information content (AvgIpc) is 3.22. The second-order valence-electron chi connectivity index (χ2n) is 8.50. The van der Waals surface area contributed by atoms with Crippen molar-refractivity contribution in [3.63, 3.8) is 0 Å². The van der Waals surface area contributed by atoms with Gasteiger partial charge in [-0.25, -0.2) is 4.39 Å². The fraction of sp³-hybridized carbons (Fsp3) is 0.292. The molecule has 0 saturated carbocycles. The molecule has 14 heteroatoms. The first-order valence-corrected chi connectivity index (χ1v) is 14.8. The van der Waals surface area contributed by atoms with Crippen molar-refractivity contribution in [3.05, 3.63) is 52.9 Å². The molecule has 4 rings (SSSR count). The lowest BCUT2D eigenvalue weighted by atomic mass is 10.1. The molecule has 38 heavy (non-hydrogen) atoms. The molecule has 2 atom stereocenters. The summed E-state index contributed by atoms with van der Waals surface area (Å²) in [6.07, 6.45) is 0.681. The van der Waals surface area contributed by atoms with Gasteiger partial charge in [0.25, 0.3) is 0 Å². The van der Waals surface area contributed by atoms with Crippen LogP contribution in [0.3, 0.4) is 0 Å². The highest BCUT2D eigenvalue weighted by Crippen LogP contribution is 2.61. The number of nitrogens with one attached hydrogen (secondary N) is 2. The number of hydrogen-bond donors (Lipinski definition) is 6. The van der Waals surface area contributed by atoms with Gasteiger partial charge in [-0.15, -0.1) is 9.62 Å². The number of nitrogens with zero attached hydrogens (tertiary/aromatic N) is 2. The molecule has 1 amide bonds. The van der Waals surface area contributed by atoms with E-state index in [1.54, 1.807) is 6.07 Å². The van der Waals surface area contributed by atoms with E-state index in [1.807, 2.05) is 0 Å². The predicted octanol–water partition coefficient (Wildman–Crippen LogP) is 4.87. The van der Waals surface area contributed by atoms with Gasteiger partial charge in [0.15, 0.2) is 0 Å². The molecule has 1 aliphatic heterocycles. The lowest BCUT2D eigenvalue weighted by molar-refractivity contribution is -0.116. The number of anilines is 3. The molecule has 0 radical (unpaired) electrons. The van der Waals surface area contributed by atoms with Crippen molar-refractivity contribution in [2.45, 2.75) is 24.2 Å². The van der Waals surface area contributed by atoms with Crippen LogP contribution in [0, 0.1) is 17.1 Å². The smallest absolute Gasteiger partial charge is 0.225 e. The van der Waals surface area contributed by atoms with Gasteiger partial charge in [-0.3, -0.25) is 18.9 Å². The first-order valence-electron chi connectivity index (χ1n) is 11.3. The molecule has 3 aromatic rings. The molecule has 1 fully saturated rings. The van der Waals surface area contributed by atoms with E-state index >= 15 is 0 Å². The third-order valence-corrected chi connectivity index (χ3v) is 9.88. The van der Waals surface area contributed by atoms with Crippen LogP contribution in [0.5, 0.6) is 5.75 Å². The summed E-state index contributed by atoms with van der Waals surface area (Å²) in [5.74, 6) is -0.620. The Morgan fingerprint density at radius 2 is 2.16 bits per heavy atom. The number of amides is 1. The summed E-state index contributed by atoms with van der Waals surface area (Å²) in [6.45, 7) is -0.793.